The first kappa shape index (κ1) is 18.8. The Hall–Kier alpha value is -2.93. The number of carbonyl (C=O) groups excluding carboxylic acids is 2. The van der Waals surface area contributed by atoms with Crippen molar-refractivity contribution in [1.82, 2.24) is 15.6 Å². The second-order valence-corrected chi connectivity index (χ2v) is 6.77. The second kappa shape index (κ2) is 8.64. The average molecular weight is 368 g/mol. The highest BCUT2D eigenvalue weighted by Gasteiger charge is 2.23. The molecular weight excluding hydrogens is 344 g/mol. The van der Waals surface area contributed by atoms with E-state index in [2.05, 4.69) is 27.9 Å². The molecule has 0 spiro atoms. The molecule has 1 saturated heterocycles. The lowest BCUT2D eigenvalue weighted by molar-refractivity contribution is -0.136. The Morgan fingerprint density at radius 3 is 2.63 bits per heavy atom. The van der Waals surface area contributed by atoms with Crippen molar-refractivity contribution in [2.45, 2.75) is 38.8 Å². The number of rotatable bonds is 4. The van der Waals surface area contributed by atoms with Gasteiger partial charge in [0, 0.05) is 30.2 Å². The van der Waals surface area contributed by atoms with Crippen LogP contribution < -0.4 is 20.7 Å². The van der Waals surface area contributed by atoms with E-state index in [1.165, 1.54) is 0 Å². The number of aryl methyl sites for hydroxylation is 1. The number of piperidine rings is 1. The number of pyridine rings is 1. The monoisotopic (exact) mass is 368 g/mol. The molecule has 2 aromatic rings. The van der Waals surface area contributed by atoms with Crippen molar-refractivity contribution in [3.05, 3.63) is 48.3 Å². The SMILES string of the molecule is Cc1cc(Oc2ccncc2)ccc1NC(=O)C(=O)NC1CCNC(C)C1. The minimum absolute atomic E-state index is 0.0248. The molecule has 2 heterocycles. The molecule has 3 N–H and O–H groups in total. The quantitative estimate of drug-likeness (QED) is 0.721. The first-order valence-electron chi connectivity index (χ1n) is 9.05. The lowest BCUT2D eigenvalue weighted by Gasteiger charge is -2.28. The van der Waals surface area contributed by atoms with Crippen LogP contribution in [0.15, 0.2) is 42.7 Å². The number of ether oxygens (including phenoxy) is 1. The van der Waals surface area contributed by atoms with Gasteiger partial charge in [-0.05, 0) is 69.1 Å². The Kier molecular flexibility index (Phi) is 6.03. The standard InChI is InChI=1S/C20H24N4O3/c1-13-11-17(27-16-6-8-21-9-7-16)3-4-18(13)24-20(26)19(25)23-15-5-10-22-14(2)12-15/h3-4,6-9,11,14-15,22H,5,10,12H2,1-2H3,(H,23,25)(H,24,26). The van der Waals surface area contributed by atoms with Crippen molar-refractivity contribution in [2.75, 3.05) is 11.9 Å². The molecule has 1 fully saturated rings. The number of nitrogens with zero attached hydrogens (tertiary/aromatic N) is 1. The van der Waals surface area contributed by atoms with Crippen LogP contribution in [0.5, 0.6) is 11.5 Å². The van der Waals surface area contributed by atoms with Gasteiger partial charge < -0.3 is 20.7 Å². The van der Waals surface area contributed by atoms with Crippen LogP contribution in [0.4, 0.5) is 5.69 Å². The summed E-state index contributed by atoms with van der Waals surface area (Å²) in [5.41, 5.74) is 1.38. The van der Waals surface area contributed by atoms with Crippen LogP contribution in [-0.2, 0) is 9.59 Å². The van der Waals surface area contributed by atoms with Gasteiger partial charge in [-0.25, -0.2) is 0 Å². The van der Waals surface area contributed by atoms with E-state index in [1.54, 1.807) is 36.7 Å². The summed E-state index contributed by atoms with van der Waals surface area (Å²) < 4.78 is 5.74. The highest BCUT2D eigenvalue weighted by atomic mass is 16.5. The van der Waals surface area contributed by atoms with Crippen molar-refractivity contribution < 1.29 is 14.3 Å². The third kappa shape index (κ3) is 5.27. The zero-order valence-corrected chi connectivity index (χ0v) is 15.5. The maximum Gasteiger partial charge on any atom is 0.313 e. The number of aromatic nitrogens is 1. The van der Waals surface area contributed by atoms with Gasteiger partial charge in [-0.2, -0.15) is 0 Å². The number of benzene rings is 1. The Balaban J connectivity index is 1.58. The third-order valence-corrected chi connectivity index (χ3v) is 4.50. The molecule has 1 aromatic heterocycles. The van der Waals surface area contributed by atoms with Crippen molar-refractivity contribution in [3.8, 4) is 11.5 Å². The van der Waals surface area contributed by atoms with Crippen LogP contribution in [0.1, 0.15) is 25.3 Å². The summed E-state index contributed by atoms with van der Waals surface area (Å²) in [6, 6.07) is 9.16. The average Bonchev–Trinajstić information content (AvgIpc) is 2.64. The largest absolute Gasteiger partial charge is 0.457 e. The maximum atomic E-state index is 12.2. The molecule has 7 heteroatoms. The number of nitrogens with one attached hydrogen (secondary N) is 3. The van der Waals surface area contributed by atoms with E-state index in [-0.39, 0.29) is 6.04 Å². The Bertz CT molecular complexity index is 810. The van der Waals surface area contributed by atoms with Crippen LogP contribution in [0, 0.1) is 6.92 Å². The first-order valence-corrected chi connectivity index (χ1v) is 9.05. The van der Waals surface area contributed by atoms with E-state index >= 15 is 0 Å². The van der Waals surface area contributed by atoms with Gasteiger partial charge in [0.25, 0.3) is 0 Å². The number of amides is 2. The maximum absolute atomic E-state index is 12.2. The number of hydrogen-bond acceptors (Lipinski definition) is 5. The summed E-state index contributed by atoms with van der Waals surface area (Å²) in [5, 5.41) is 8.80. The summed E-state index contributed by atoms with van der Waals surface area (Å²) in [5.74, 6) is 0.0549. The zero-order valence-electron chi connectivity index (χ0n) is 15.5. The van der Waals surface area contributed by atoms with Crippen molar-refractivity contribution in [3.63, 3.8) is 0 Å². The van der Waals surface area contributed by atoms with Crippen LogP contribution in [-0.4, -0.2) is 35.4 Å². The number of carbonyl (C=O) groups is 2. The molecule has 3 rings (SSSR count). The number of anilines is 1. The second-order valence-electron chi connectivity index (χ2n) is 6.77. The molecule has 0 aliphatic carbocycles. The molecule has 7 nitrogen and oxygen atoms in total. The van der Waals surface area contributed by atoms with E-state index in [0.29, 0.717) is 23.2 Å². The van der Waals surface area contributed by atoms with Crippen LogP contribution >= 0.6 is 0 Å². The van der Waals surface area contributed by atoms with Crippen LogP contribution in [0.2, 0.25) is 0 Å². The van der Waals surface area contributed by atoms with Gasteiger partial charge in [-0.15, -0.1) is 0 Å². The smallest absolute Gasteiger partial charge is 0.313 e. The minimum Gasteiger partial charge on any atom is -0.457 e. The van der Waals surface area contributed by atoms with E-state index in [0.717, 1.165) is 24.9 Å². The van der Waals surface area contributed by atoms with Gasteiger partial charge in [-0.1, -0.05) is 0 Å². The highest BCUT2D eigenvalue weighted by molar-refractivity contribution is 6.39. The summed E-state index contributed by atoms with van der Waals surface area (Å²) in [4.78, 5) is 28.3. The van der Waals surface area contributed by atoms with Gasteiger partial charge in [0.1, 0.15) is 11.5 Å². The molecule has 2 unspecified atom stereocenters. The molecule has 1 aliphatic heterocycles. The van der Waals surface area contributed by atoms with Crippen LogP contribution in [0.3, 0.4) is 0 Å². The van der Waals surface area contributed by atoms with E-state index < -0.39 is 11.8 Å². The first-order chi connectivity index (χ1) is 13.0. The summed E-state index contributed by atoms with van der Waals surface area (Å²) in [7, 11) is 0. The van der Waals surface area contributed by atoms with Gasteiger partial charge in [0.15, 0.2) is 0 Å². The lowest BCUT2D eigenvalue weighted by Crippen LogP contribution is -2.49. The predicted molar refractivity (Wildman–Crippen MR) is 103 cm³/mol. The number of hydrogen-bond donors (Lipinski definition) is 3. The van der Waals surface area contributed by atoms with Crippen molar-refractivity contribution in [1.29, 1.82) is 0 Å². The summed E-state index contributed by atoms with van der Waals surface area (Å²) in [6.07, 6.45) is 4.94. The highest BCUT2D eigenvalue weighted by Crippen LogP contribution is 2.25. The molecule has 27 heavy (non-hydrogen) atoms. The van der Waals surface area contributed by atoms with Gasteiger partial charge in [0.05, 0.1) is 0 Å². The summed E-state index contributed by atoms with van der Waals surface area (Å²) in [6.45, 7) is 4.75. The van der Waals surface area contributed by atoms with Gasteiger partial charge >= 0.3 is 11.8 Å². The molecule has 2 amide bonds. The van der Waals surface area contributed by atoms with Gasteiger partial charge in [-0.3, -0.25) is 14.6 Å². The van der Waals surface area contributed by atoms with Crippen molar-refractivity contribution in [2.24, 2.45) is 0 Å². The fourth-order valence-corrected chi connectivity index (χ4v) is 3.08. The van der Waals surface area contributed by atoms with Crippen LogP contribution in [0.25, 0.3) is 0 Å². The molecule has 1 aromatic carbocycles. The normalized spacial score (nSPS) is 19.2. The molecule has 1 aliphatic rings. The van der Waals surface area contributed by atoms with E-state index in [9.17, 15) is 9.59 Å². The Labute approximate surface area is 158 Å². The van der Waals surface area contributed by atoms with Gasteiger partial charge in [0.2, 0.25) is 0 Å². The molecule has 142 valence electrons. The topological polar surface area (TPSA) is 92.3 Å². The third-order valence-electron chi connectivity index (χ3n) is 4.50. The predicted octanol–water partition coefficient (Wildman–Crippen LogP) is 2.38. The molecular formula is C20H24N4O3. The van der Waals surface area contributed by atoms with Crippen molar-refractivity contribution >= 4 is 17.5 Å². The molecule has 0 bridgehead atoms. The summed E-state index contributed by atoms with van der Waals surface area (Å²) >= 11 is 0. The molecule has 2 atom stereocenters. The van der Waals surface area contributed by atoms with E-state index in [4.69, 9.17) is 4.74 Å². The Morgan fingerprint density at radius 2 is 1.93 bits per heavy atom. The minimum atomic E-state index is -0.660. The fraction of sp³-hybridized carbons (Fsp3) is 0.350. The molecule has 0 radical (unpaired) electrons. The van der Waals surface area contributed by atoms with E-state index in [1.807, 2.05) is 13.0 Å². The lowest BCUT2D eigenvalue weighted by atomic mass is 10.0. The zero-order chi connectivity index (χ0) is 19.2. The Morgan fingerprint density at radius 1 is 1.15 bits per heavy atom. The fourth-order valence-electron chi connectivity index (χ4n) is 3.08. The molecule has 0 saturated carbocycles.